The van der Waals surface area contributed by atoms with E-state index in [2.05, 4.69) is 19.1 Å². The number of fused-ring (bicyclic) bond motifs is 1. The fourth-order valence-corrected chi connectivity index (χ4v) is 4.48. The molecule has 0 aliphatic heterocycles. The van der Waals surface area contributed by atoms with Crippen molar-refractivity contribution in [1.82, 2.24) is 9.55 Å². The van der Waals surface area contributed by atoms with Crippen molar-refractivity contribution in [2.24, 2.45) is 7.05 Å². The Bertz CT molecular complexity index is 881. The zero-order valence-electron chi connectivity index (χ0n) is 13.1. The second-order valence-corrected chi connectivity index (χ2v) is 7.90. The van der Waals surface area contributed by atoms with Crippen LogP contribution in [0, 0.1) is 13.8 Å². The summed E-state index contributed by atoms with van der Waals surface area (Å²) in [5.41, 5.74) is 2.34. The maximum atomic E-state index is 12.6. The van der Waals surface area contributed by atoms with Crippen molar-refractivity contribution in [3.63, 3.8) is 0 Å². The monoisotopic (exact) mass is 330 g/mol. The highest BCUT2D eigenvalue weighted by molar-refractivity contribution is 7.99. The third-order valence-corrected chi connectivity index (χ3v) is 6.22. The van der Waals surface area contributed by atoms with Crippen LogP contribution in [0.5, 0.6) is 0 Å². The first-order chi connectivity index (χ1) is 10.5. The predicted octanol–water partition coefficient (Wildman–Crippen LogP) is 4.47. The van der Waals surface area contributed by atoms with E-state index < -0.39 is 0 Å². The SMILES string of the molecule is Cc1sc2nc(SC(C)c3ccccc3)n(C)c(=O)c2c1C. The largest absolute Gasteiger partial charge is 0.290 e. The van der Waals surface area contributed by atoms with E-state index >= 15 is 0 Å². The lowest BCUT2D eigenvalue weighted by molar-refractivity contribution is 0.725. The quantitative estimate of drug-likeness (QED) is 0.525. The summed E-state index contributed by atoms with van der Waals surface area (Å²) in [4.78, 5) is 19.4. The van der Waals surface area contributed by atoms with Crippen LogP contribution in [-0.2, 0) is 7.05 Å². The van der Waals surface area contributed by atoms with Gasteiger partial charge in [-0.3, -0.25) is 9.36 Å². The Morgan fingerprint density at radius 1 is 1.23 bits per heavy atom. The number of rotatable bonds is 3. The van der Waals surface area contributed by atoms with Gasteiger partial charge in [-0.1, -0.05) is 42.1 Å². The van der Waals surface area contributed by atoms with E-state index in [9.17, 15) is 4.79 Å². The third-order valence-electron chi connectivity index (χ3n) is 3.92. The highest BCUT2D eigenvalue weighted by Gasteiger charge is 2.17. The molecule has 1 aromatic carbocycles. The number of aryl methyl sites for hydroxylation is 2. The van der Waals surface area contributed by atoms with E-state index in [4.69, 9.17) is 4.98 Å². The molecule has 22 heavy (non-hydrogen) atoms. The van der Waals surface area contributed by atoms with Crippen molar-refractivity contribution in [3.8, 4) is 0 Å². The zero-order valence-corrected chi connectivity index (χ0v) is 14.7. The minimum absolute atomic E-state index is 0.0506. The molecule has 0 amide bonds. The van der Waals surface area contributed by atoms with Crippen molar-refractivity contribution in [2.45, 2.75) is 31.2 Å². The van der Waals surface area contributed by atoms with Gasteiger partial charge in [0.2, 0.25) is 0 Å². The van der Waals surface area contributed by atoms with Gasteiger partial charge in [-0.2, -0.15) is 0 Å². The maximum absolute atomic E-state index is 12.6. The van der Waals surface area contributed by atoms with E-state index in [-0.39, 0.29) is 10.8 Å². The zero-order chi connectivity index (χ0) is 15.9. The standard InChI is InChI=1S/C17H18N2OS2/c1-10-11(2)21-15-14(10)16(20)19(4)17(18-15)22-12(3)13-8-6-5-7-9-13/h5-9,12H,1-4H3. The lowest BCUT2D eigenvalue weighted by Crippen LogP contribution is -2.20. The lowest BCUT2D eigenvalue weighted by atomic mass is 10.2. The number of nitrogens with zero attached hydrogens (tertiary/aromatic N) is 2. The molecule has 0 saturated heterocycles. The molecular formula is C17H18N2OS2. The molecule has 0 N–H and O–H groups in total. The fraction of sp³-hybridized carbons (Fsp3) is 0.294. The fourth-order valence-electron chi connectivity index (χ4n) is 2.41. The molecule has 2 aromatic heterocycles. The normalized spacial score (nSPS) is 12.7. The Kier molecular flexibility index (Phi) is 4.10. The number of hydrogen-bond donors (Lipinski definition) is 0. The topological polar surface area (TPSA) is 34.9 Å². The molecule has 0 saturated carbocycles. The van der Waals surface area contributed by atoms with E-state index in [1.807, 2.05) is 32.0 Å². The molecule has 1 atom stereocenters. The highest BCUT2D eigenvalue weighted by Crippen LogP contribution is 2.35. The Morgan fingerprint density at radius 2 is 1.91 bits per heavy atom. The van der Waals surface area contributed by atoms with Gasteiger partial charge in [0.05, 0.1) is 5.39 Å². The van der Waals surface area contributed by atoms with Gasteiger partial charge in [0, 0.05) is 17.2 Å². The second kappa shape index (κ2) is 5.89. The van der Waals surface area contributed by atoms with Crippen LogP contribution in [0.3, 0.4) is 0 Å². The van der Waals surface area contributed by atoms with Crippen LogP contribution in [0.4, 0.5) is 0 Å². The molecule has 0 spiro atoms. The van der Waals surface area contributed by atoms with Gasteiger partial charge in [-0.05, 0) is 31.9 Å². The Balaban J connectivity index is 2.05. The summed E-state index contributed by atoms with van der Waals surface area (Å²) < 4.78 is 1.67. The molecule has 5 heteroatoms. The molecule has 1 unspecified atom stereocenters. The smallest absolute Gasteiger partial charge is 0.262 e. The number of benzene rings is 1. The molecule has 0 aliphatic carbocycles. The van der Waals surface area contributed by atoms with Gasteiger partial charge < -0.3 is 0 Å². The van der Waals surface area contributed by atoms with Crippen molar-refractivity contribution in [1.29, 1.82) is 0 Å². The molecule has 3 aromatic rings. The van der Waals surface area contributed by atoms with E-state index in [1.54, 1.807) is 34.7 Å². The van der Waals surface area contributed by atoms with Gasteiger partial charge in [-0.15, -0.1) is 11.3 Å². The van der Waals surface area contributed by atoms with Crippen LogP contribution in [0.25, 0.3) is 10.2 Å². The molecule has 2 heterocycles. The Labute approximate surface area is 138 Å². The summed E-state index contributed by atoms with van der Waals surface area (Å²) in [6.45, 7) is 6.18. The van der Waals surface area contributed by atoms with E-state index in [0.29, 0.717) is 0 Å². The van der Waals surface area contributed by atoms with E-state index in [0.717, 1.165) is 25.8 Å². The summed E-state index contributed by atoms with van der Waals surface area (Å²) >= 11 is 3.23. The first-order valence-electron chi connectivity index (χ1n) is 7.17. The van der Waals surface area contributed by atoms with Crippen molar-refractivity contribution in [3.05, 3.63) is 56.7 Å². The Hall–Kier alpha value is -1.59. The molecular weight excluding hydrogens is 312 g/mol. The average Bonchev–Trinajstić information content (AvgIpc) is 2.80. The predicted molar refractivity (Wildman–Crippen MR) is 95.0 cm³/mol. The van der Waals surface area contributed by atoms with Gasteiger partial charge in [0.15, 0.2) is 5.16 Å². The highest BCUT2D eigenvalue weighted by atomic mass is 32.2. The van der Waals surface area contributed by atoms with Crippen molar-refractivity contribution >= 4 is 33.3 Å². The van der Waals surface area contributed by atoms with Gasteiger partial charge >= 0.3 is 0 Å². The number of aromatic nitrogens is 2. The minimum Gasteiger partial charge on any atom is -0.290 e. The second-order valence-electron chi connectivity index (χ2n) is 5.39. The van der Waals surface area contributed by atoms with Crippen LogP contribution >= 0.6 is 23.1 Å². The van der Waals surface area contributed by atoms with Gasteiger partial charge in [-0.25, -0.2) is 4.98 Å². The van der Waals surface area contributed by atoms with Crippen molar-refractivity contribution < 1.29 is 0 Å². The third kappa shape index (κ3) is 2.59. The van der Waals surface area contributed by atoms with Crippen molar-refractivity contribution in [2.75, 3.05) is 0 Å². The van der Waals surface area contributed by atoms with Gasteiger partial charge in [0.25, 0.3) is 5.56 Å². The maximum Gasteiger partial charge on any atom is 0.262 e. The molecule has 3 rings (SSSR count). The number of thiophene rings is 1. The van der Waals surface area contributed by atoms with E-state index in [1.165, 1.54) is 5.56 Å². The molecule has 0 radical (unpaired) electrons. The average molecular weight is 330 g/mol. The number of hydrogen-bond acceptors (Lipinski definition) is 4. The van der Waals surface area contributed by atoms with Crippen LogP contribution in [0.1, 0.15) is 28.2 Å². The number of thioether (sulfide) groups is 1. The first kappa shape index (κ1) is 15.3. The summed E-state index contributed by atoms with van der Waals surface area (Å²) in [5.74, 6) is 0. The summed E-state index contributed by atoms with van der Waals surface area (Å²) in [6, 6.07) is 10.3. The van der Waals surface area contributed by atoms with Crippen LogP contribution < -0.4 is 5.56 Å². The lowest BCUT2D eigenvalue weighted by Gasteiger charge is -2.13. The molecule has 3 nitrogen and oxygen atoms in total. The first-order valence-corrected chi connectivity index (χ1v) is 8.87. The summed E-state index contributed by atoms with van der Waals surface area (Å²) in [5, 5.41) is 1.79. The van der Waals surface area contributed by atoms with Gasteiger partial charge in [0.1, 0.15) is 4.83 Å². The van der Waals surface area contributed by atoms with Crippen LogP contribution in [0.15, 0.2) is 40.3 Å². The summed E-state index contributed by atoms with van der Waals surface area (Å²) in [6.07, 6.45) is 0. The minimum atomic E-state index is 0.0506. The summed E-state index contributed by atoms with van der Waals surface area (Å²) in [7, 11) is 1.81. The van der Waals surface area contributed by atoms with Crippen LogP contribution in [0.2, 0.25) is 0 Å². The molecule has 0 aliphatic rings. The molecule has 114 valence electrons. The van der Waals surface area contributed by atoms with Crippen LogP contribution in [-0.4, -0.2) is 9.55 Å². The molecule has 0 bridgehead atoms. The molecule has 0 fully saturated rings. The Morgan fingerprint density at radius 3 is 2.59 bits per heavy atom.